The molecule has 1 aliphatic heterocycles. The first-order chi connectivity index (χ1) is 12.5. The number of fused-ring (bicyclic) bond motifs is 1. The zero-order valence-corrected chi connectivity index (χ0v) is 14.6. The number of anilines is 1. The van der Waals surface area contributed by atoms with E-state index in [9.17, 15) is 13.2 Å². The van der Waals surface area contributed by atoms with Gasteiger partial charge in [-0.25, -0.2) is 9.98 Å². The largest absolute Gasteiger partial charge is 0.573 e. The Morgan fingerprint density at radius 3 is 2.31 bits per heavy atom. The number of hydrogen-bond acceptors (Lipinski definition) is 6. The molecule has 0 atom stereocenters. The summed E-state index contributed by atoms with van der Waals surface area (Å²) in [6.07, 6.45) is -4.75. The van der Waals surface area contributed by atoms with Crippen LogP contribution in [-0.4, -0.2) is 18.0 Å². The smallest absolute Gasteiger partial charge is 0.406 e. The molecule has 0 unspecified atom stereocenters. The van der Waals surface area contributed by atoms with Crippen molar-refractivity contribution in [2.45, 2.75) is 6.36 Å². The number of amidine groups is 2. The number of nitrogens with zero attached hydrogens (tertiary/aromatic N) is 2. The van der Waals surface area contributed by atoms with Gasteiger partial charge in [-0.3, -0.25) is 0 Å². The molecule has 0 amide bonds. The van der Waals surface area contributed by atoms with Crippen LogP contribution >= 0.6 is 22.7 Å². The van der Waals surface area contributed by atoms with Gasteiger partial charge < -0.3 is 10.1 Å². The van der Waals surface area contributed by atoms with Crippen molar-refractivity contribution >= 4 is 45.7 Å². The quantitative estimate of drug-likeness (QED) is 0.624. The van der Waals surface area contributed by atoms with Crippen LogP contribution in [0, 0.1) is 0 Å². The predicted octanol–water partition coefficient (Wildman–Crippen LogP) is 5.66. The third-order valence-corrected chi connectivity index (χ3v) is 5.14. The first-order valence-electron chi connectivity index (χ1n) is 7.40. The average molecular weight is 393 g/mol. The standard InChI is InChI=1S/C17H10F3N3OS2/c18-17(19,20)24-10-5-6-11-12(9-10)22-16(14-4-2-8-26-14)23-15(21-11)13-3-1-7-25-13/h1-9H,(H,21,22,23). The van der Waals surface area contributed by atoms with Crippen molar-refractivity contribution in [3.63, 3.8) is 0 Å². The molecule has 9 heteroatoms. The van der Waals surface area contributed by atoms with Gasteiger partial charge in [0, 0.05) is 6.07 Å². The molecule has 4 rings (SSSR count). The topological polar surface area (TPSA) is 46.0 Å². The summed E-state index contributed by atoms with van der Waals surface area (Å²) in [6, 6.07) is 11.5. The number of aliphatic imine (C=N–C) groups is 2. The molecule has 2 aromatic heterocycles. The molecule has 1 aliphatic rings. The van der Waals surface area contributed by atoms with E-state index in [4.69, 9.17) is 0 Å². The van der Waals surface area contributed by atoms with E-state index in [2.05, 4.69) is 20.0 Å². The lowest BCUT2D eigenvalue weighted by atomic mass is 10.2. The lowest BCUT2D eigenvalue weighted by Gasteiger charge is -2.12. The van der Waals surface area contributed by atoms with Crippen LogP contribution in [0.1, 0.15) is 9.75 Å². The molecule has 1 N–H and O–H groups in total. The Morgan fingerprint density at radius 2 is 1.65 bits per heavy atom. The third-order valence-electron chi connectivity index (χ3n) is 3.39. The van der Waals surface area contributed by atoms with Crippen LogP contribution in [0.3, 0.4) is 0 Å². The second-order valence-corrected chi connectivity index (χ2v) is 7.10. The van der Waals surface area contributed by atoms with Crippen molar-refractivity contribution in [1.29, 1.82) is 0 Å². The van der Waals surface area contributed by atoms with E-state index in [0.29, 0.717) is 23.0 Å². The first-order valence-corrected chi connectivity index (χ1v) is 9.16. The molecule has 0 aliphatic carbocycles. The molecule has 0 bridgehead atoms. The van der Waals surface area contributed by atoms with Gasteiger partial charge in [-0.1, -0.05) is 12.1 Å². The van der Waals surface area contributed by atoms with Crippen LogP contribution in [0.15, 0.2) is 63.2 Å². The van der Waals surface area contributed by atoms with Crippen molar-refractivity contribution in [2.75, 3.05) is 5.32 Å². The summed E-state index contributed by atoms with van der Waals surface area (Å²) >= 11 is 2.96. The van der Waals surface area contributed by atoms with Crippen molar-refractivity contribution in [2.24, 2.45) is 9.98 Å². The molecule has 0 spiro atoms. The number of alkyl halides is 3. The van der Waals surface area contributed by atoms with Crippen molar-refractivity contribution in [3.05, 3.63) is 63.0 Å². The Kier molecular flexibility index (Phi) is 4.25. The number of thiophene rings is 2. The molecule has 0 fully saturated rings. The van der Waals surface area contributed by atoms with E-state index in [1.54, 1.807) is 0 Å². The molecule has 132 valence electrons. The van der Waals surface area contributed by atoms with Gasteiger partial charge in [-0.15, -0.1) is 35.8 Å². The van der Waals surface area contributed by atoms with Gasteiger partial charge in [0.05, 0.1) is 21.1 Å². The summed E-state index contributed by atoms with van der Waals surface area (Å²) in [6.45, 7) is 0. The summed E-state index contributed by atoms with van der Waals surface area (Å²) in [5.41, 5.74) is 0.878. The first kappa shape index (κ1) is 16.8. The highest BCUT2D eigenvalue weighted by molar-refractivity contribution is 7.12. The van der Waals surface area contributed by atoms with Crippen molar-refractivity contribution in [1.82, 2.24) is 0 Å². The SMILES string of the molecule is FC(F)(F)Oc1ccc2c(c1)NC(c1cccs1)=NC(c1cccs1)=N2. The lowest BCUT2D eigenvalue weighted by Crippen LogP contribution is -2.17. The molecule has 3 aromatic rings. The van der Waals surface area contributed by atoms with Crippen LogP contribution < -0.4 is 10.1 Å². The number of ether oxygens (including phenoxy) is 1. The maximum atomic E-state index is 12.5. The normalized spacial score (nSPS) is 14.0. The maximum absolute atomic E-state index is 12.5. The highest BCUT2D eigenvalue weighted by Crippen LogP contribution is 2.35. The Hall–Kier alpha value is -2.65. The number of benzene rings is 1. The minimum atomic E-state index is -4.75. The van der Waals surface area contributed by atoms with Crippen molar-refractivity contribution in [3.8, 4) is 5.75 Å². The Morgan fingerprint density at radius 1 is 0.923 bits per heavy atom. The number of hydrogen-bond donors (Lipinski definition) is 1. The Bertz CT molecular complexity index is 977. The van der Waals surface area contributed by atoms with E-state index >= 15 is 0 Å². The van der Waals surface area contributed by atoms with Crippen molar-refractivity contribution < 1.29 is 17.9 Å². The van der Waals surface area contributed by atoms with Gasteiger partial charge in [0.25, 0.3) is 0 Å². The number of rotatable bonds is 3. The summed E-state index contributed by atoms with van der Waals surface area (Å²) in [5, 5.41) is 6.90. The molecule has 26 heavy (non-hydrogen) atoms. The second kappa shape index (κ2) is 6.58. The van der Waals surface area contributed by atoms with Gasteiger partial charge in [0.1, 0.15) is 11.6 Å². The molecular formula is C17H10F3N3OS2. The summed E-state index contributed by atoms with van der Waals surface area (Å²) < 4.78 is 41.5. The fourth-order valence-corrected chi connectivity index (χ4v) is 3.68. The van der Waals surface area contributed by atoms with Crippen LogP contribution in [0.4, 0.5) is 24.5 Å². The molecular weight excluding hydrogens is 383 g/mol. The minimum Gasteiger partial charge on any atom is -0.406 e. The fraction of sp³-hybridized carbons (Fsp3) is 0.0588. The van der Waals surface area contributed by atoms with E-state index in [1.807, 2.05) is 35.0 Å². The maximum Gasteiger partial charge on any atom is 0.573 e. The van der Waals surface area contributed by atoms with Crippen LogP contribution in [-0.2, 0) is 0 Å². The average Bonchev–Trinajstić information content (AvgIpc) is 3.25. The van der Waals surface area contributed by atoms with Gasteiger partial charge in [0.15, 0.2) is 5.84 Å². The number of nitrogens with one attached hydrogen (secondary N) is 1. The zero-order chi connectivity index (χ0) is 18.1. The Balaban J connectivity index is 1.80. The number of halogens is 3. The van der Waals surface area contributed by atoms with E-state index < -0.39 is 6.36 Å². The zero-order valence-electron chi connectivity index (χ0n) is 12.9. The van der Waals surface area contributed by atoms with E-state index in [1.165, 1.54) is 40.9 Å². The molecule has 4 nitrogen and oxygen atoms in total. The van der Waals surface area contributed by atoms with Crippen LogP contribution in [0.2, 0.25) is 0 Å². The van der Waals surface area contributed by atoms with E-state index in [-0.39, 0.29) is 5.75 Å². The molecule has 0 saturated heterocycles. The van der Waals surface area contributed by atoms with Gasteiger partial charge in [-0.2, -0.15) is 0 Å². The minimum absolute atomic E-state index is 0.316. The third kappa shape index (κ3) is 3.63. The highest BCUT2D eigenvalue weighted by Gasteiger charge is 2.31. The summed E-state index contributed by atoms with van der Waals surface area (Å²) in [7, 11) is 0. The molecule has 0 radical (unpaired) electrons. The molecule has 3 heterocycles. The van der Waals surface area contributed by atoms with E-state index in [0.717, 1.165) is 9.75 Å². The van der Waals surface area contributed by atoms with Gasteiger partial charge in [-0.05, 0) is 35.0 Å². The van der Waals surface area contributed by atoms with Gasteiger partial charge >= 0.3 is 6.36 Å². The van der Waals surface area contributed by atoms with Crippen LogP contribution in [0.25, 0.3) is 0 Å². The predicted molar refractivity (Wildman–Crippen MR) is 98.1 cm³/mol. The highest BCUT2D eigenvalue weighted by atomic mass is 32.1. The summed E-state index contributed by atoms with van der Waals surface area (Å²) in [4.78, 5) is 10.8. The molecule has 0 saturated carbocycles. The molecule has 1 aromatic carbocycles. The second-order valence-electron chi connectivity index (χ2n) is 5.20. The Labute approximate surface area is 154 Å². The van der Waals surface area contributed by atoms with Crippen LogP contribution in [0.5, 0.6) is 5.75 Å². The fourth-order valence-electron chi connectivity index (χ4n) is 2.36. The lowest BCUT2D eigenvalue weighted by molar-refractivity contribution is -0.274. The summed E-state index contributed by atoms with van der Waals surface area (Å²) in [5.74, 6) is 0.707. The monoisotopic (exact) mass is 393 g/mol. The van der Waals surface area contributed by atoms with Gasteiger partial charge in [0.2, 0.25) is 0 Å².